The zero-order valence-corrected chi connectivity index (χ0v) is 12.6. The summed E-state index contributed by atoms with van der Waals surface area (Å²) >= 11 is 1.78. The number of benzene rings is 1. The molecule has 1 aromatic rings. The molecule has 9 nitrogen and oxygen atoms in total. The molecule has 0 aromatic heterocycles. The average molecular weight is 407 g/mol. The highest BCUT2D eigenvalue weighted by molar-refractivity contribution is 14.1. The second-order valence-electron chi connectivity index (χ2n) is 3.96. The molecule has 0 heterocycles. The summed E-state index contributed by atoms with van der Waals surface area (Å²) in [7, 11) is 0. The molecule has 0 fully saturated rings. The molecule has 1 aromatic carbocycles. The van der Waals surface area contributed by atoms with Gasteiger partial charge in [-0.1, -0.05) is 0 Å². The first-order chi connectivity index (χ1) is 9.72. The van der Waals surface area contributed by atoms with Crippen LogP contribution in [0.5, 0.6) is 0 Å². The molecular formula is C11H10IN3O6. The highest BCUT2D eigenvalue weighted by Crippen LogP contribution is 2.19. The van der Waals surface area contributed by atoms with E-state index in [4.69, 9.17) is 10.8 Å². The molecule has 1 rings (SSSR count). The Balaban J connectivity index is 3.02. The minimum Gasteiger partial charge on any atom is -0.480 e. The molecule has 1 unspecified atom stereocenters. The van der Waals surface area contributed by atoms with Gasteiger partial charge < -0.3 is 16.2 Å². The molecule has 21 heavy (non-hydrogen) atoms. The lowest BCUT2D eigenvalue weighted by Gasteiger charge is -2.13. The van der Waals surface area contributed by atoms with Crippen molar-refractivity contribution in [3.63, 3.8) is 0 Å². The lowest BCUT2D eigenvalue weighted by atomic mass is 10.1. The highest BCUT2D eigenvalue weighted by Gasteiger charge is 2.24. The van der Waals surface area contributed by atoms with Gasteiger partial charge in [0.15, 0.2) is 0 Å². The number of nitro benzene ring substituents is 1. The Morgan fingerprint density at radius 2 is 2.05 bits per heavy atom. The SMILES string of the molecule is NC(=O)CC(NC(=O)c1cc([N+](=O)[O-])ccc1I)C(=O)O. The number of non-ortho nitro benzene ring substituents is 1. The van der Waals surface area contributed by atoms with Crippen molar-refractivity contribution in [1.29, 1.82) is 0 Å². The van der Waals surface area contributed by atoms with Gasteiger partial charge >= 0.3 is 5.97 Å². The third-order valence-corrected chi connectivity index (χ3v) is 3.35. The van der Waals surface area contributed by atoms with Gasteiger partial charge in [-0.05, 0) is 28.7 Å². The fourth-order valence-corrected chi connectivity index (χ4v) is 2.02. The lowest BCUT2D eigenvalue weighted by Crippen LogP contribution is -2.43. The van der Waals surface area contributed by atoms with Gasteiger partial charge in [0.1, 0.15) is 6.04 Å². The number of nitro groups is 1. The average Bonchev–Trinajstić information content (AvgIpc) is 2.37. The van der Waals surface area contributed by atoms with E-state index in [1.807, 2.05) is 0 Å². The number of nitrogens with zero attached hydrogens (tertiary/aromatic N) is 1. The maximum atomic E-state index is 12.0. The summed E-state index contributed by atoms with van der Waals surface area (Å²) in [6, 6.07) is 2.11. The zero-order chi connectivity index (χ0) is 16.2. The number of amides is 2. The number of halogens is 1. The smallest absolute Gasteiger partial charge is 0.326 e. The maximum Gasteiger partial charge on any atom is 0.326 e. The van der Waals surface area contributed by atoms with Crippen molar-refractivity contribution in [1.82, 2.24) is 5.32 Å². The summed E-state index contributed by atoms with van der Waals surface area (Å²) in [5.74, 6) is -3.16. The van der Waals surface area contributed by atoms with Crippen LogP contribution < -0.4 is 11.1 Å². The lowest BCUT2D eigenvalue weighted by molar-refractivity contribution is -0.384. The fourth-order valence-electron chi connectivity index (χ4n) is 1.44. The van der Waals surface area contributed by atoms with E-state index < -0.39 is 35.2 Å². The van der Waals surface area contributed by atoms with E-state index in [0.29, 0.717) is 3.57 Å². The quantitative estimate of drug-likeness (QED) is 0.349. The van der Waals surface area contributed by atoms with Crippen LogP contribution in [0.25, 0.3) is 0 Å². The van der Waals surface area contributed by atoms with Crippen LogP contribution >= 0.6 is 22.6 Å². The summed E-state index contributed by atoms with van der Waals surface area (Å²) in [5.41, 5.74) is 4.54. The Bertz CT molecular complexity index is 618. The minimum atomic E-state index is -1.50. The number of primary amides is 1. The molecule has 0 bridgehead atoms. The first-order valence-corrected chi connectivity index (χ1v) is 6.56. The first kappa shape index (κ1) is 16.8. The van der Waals surface area contributed by atoms with Crippen LogP contribution in [0.2, 0.25) is 0 Å². The molecular weight excluding hydrogens is 397 g/mol. The number of carboxylic acid groups (broad SMARTS) is 1. The van der Waals surface area contributed by atoms with Gasteiger partial charge in [-0.2, -0.15) is 0 Å². The molecule has 0 radical (unpaired) electrons. The monoisotopic (exact) mass is 407 g/mol. The van der Waals surface area contributed by atoms with Gasteiger partial charge in [0, 0.05) is 15.7 Å². The van der Waals surface area contributed by atoms with Gasteiger partial charge in [-0.3, -0.25) is 19.7 Å². The molecule has 0 saturated carbocycles. The molecule has 112 valence electrons. The molecule has 2 amide bonds. The normalized spacial score (nSPS) is 11.5. The van der Waals surface area contributed by atoms with Gasteiger partial charge in [-0.25, -0.2) is 4.79 Å². The molecule has 0 spiro atoms. The van der Waals surface area contributed by atoms with Crippen LogP contribution in [0.4, 0.5) is 5.69 Å². The van der Waals surface area contributed by atoms with E-state index in [0.717, 1.165) is 6.07 Å². The van der Waals surface area contributed by atoms with Gasteiger partial charge in [-0.15, -0.1) is 0 Å². The topological polar surface area (TPSA) is 153 Å². The van der Waals surface area contributed by atoms with Crippen molar-refractivity contribution in [3.8, 4) is 0 Å². The number of carbonyl (C=O) groups is 3. The second kappa shape index (κ2) is 6.97. The molecule has 0 aliphatic carbocycles. The Morgan fingerprint density at radius 1 is 1.43 bits per heavy atom. The predicted octanol–water partition coefficient (Wildman–Crippen LogP) is 0.258. The summed E-state index contributed by atoms with van der Waals surface area (Å²) in [4.78, 5) is 43.7. The number of hydrogen-bond acceptors (Lipinski definition) is 5. The van der Waals surface area contributed by atoms with Gasteiger partial charge in [0.25, 0.3) is 11.6 Å². The number of carboxylic acids is 1. The van der Waals surface area contributed by atoms with E-state index in [-0.39, 0.29) is 11.3 Å². The third-order valence-electron chi connectivity index (χ3n) is 2.41. The number of hydrogen-bond donors (Lipinski definition) is 3. The minimum absolute atomic E-state index is 0.0551. The van der Waals surface area contributed by atoms with Gasteiger partial charge in [0.05, 0.1) is 16.9 Å². The third kappa shape index (κ3) is 4.66. The summed E-state index contributed by atoms with van der Waals surface area (Å²) in [6.07, 6.45) is -0.577. The van der Waals surface area contributed by atoms with Crippen molar-refractivity contribution in [2.24, 2.45) is 5.73 Å². The van der Waals surface area contributed by atoms with E-state index in [9.17, 15) is 24.5 Å². The first-order valence-electron chi connectivity index (χ1n) is 5.48. The Kier molecular flexibility index (Phi) is 5.58. The highest BCUT2D eigenvalue weighted by atomic mass is 127. The van der Waals surface area contributed by atoms with Crippen molar-refractivity contribution >= 4 is 46.1 Å². The Morgan fingerprint density at radius 3 is 2.52 bits per heavy atom. The molecule has 4 N–H and O–H groups in total. The summed E-state index contributed by atoms with van der Waals surface area (Å²) in [5, 5.41) is 21.7. The zero-order valence-electron chi connectivity index (χ0n) is 10.4. The number of rotatable bonds is 6. The largest absolute Gasteiger partial charge is 0.480 e. The van der Waals surface area contributed by atoms with Crippen LogP contribution in [0.15, 0.2) is 18.2 Å². The summed E-state index contributed by atoms with van der Waals surface area (Å²) in [6.45, 7) is 0. The van der Waals surface area contributed by atoms with E-state index in [2.05, 4.69) is 5.32 Å². The van der Waals surface area contributed by atoms with Crippen LogP contribution in [0.3, 0.4) is 0 Å². The number of aliphatic carboxylic acids is 1. The van der Waals surface area contributed by atoms with Crippen LogP contribution in [-0.2, 0) is 9.59 Å². The van der Waals surface area contributed by atoms with Crippen molar-refractivity contribution < 1.29 is 24.4 Å². The van der Waals surface area contributed by atoms with Crippen molar-refractivity contribution in [2.45, 2.75) is 12.5 Å². The second-order valence-corrected chi connectivity index (χ2v) is 5.12. The molecule has 0 aliphatic heterocycles. The molecule has 1 atom stereocenters. The van der Waals surface area contributed by atoms with E-state index in [1.54, 1.807) is 22.6 Å². The van der Waals surface area contributed by atoms with E-state index in [1.165, 1.54) is 12.1 Å². The van der Waals surface area contributed by atoms with Crippen LogP contribution in [-0.4, -0.2) is 33.9 Å². The van der Waals surface area contributed by atoms with Crippen LogP contribution in [0.1, 0.15) is 16.8 Å². The van der Waals surface area contributed by atoms with Crippen molar-refractivity contribution in [3.05, 3.63) is 37.4 Å². The standard InChI is InChI=1S/C11H10IN3O6/c12-7-2-1-5(15(20)21)3-6(7)10(17)14-8(11(18)19)4-9(13)16/h1-3,8H,4H2,(H2,13,16)(H,14,17)(H,18,19). The number of nitrogens with two attached hydrogens (primary N) is 1. The molecule has 0 saturated heterocycles. The molecule has 10 heteroatoms. The number of carbonyl (C=O) groups excluding carboxylic acids is 2. The Labute approximate surface area is 131 Å². The maximum absolute atomic E-state index is 12.0. The van der Waals surface area contributed by atoms with E-state index >= 15 is 0 Å². The van der Waals surface area contributed by atoms with Crippen molar-refractivity contribution in [2.75, 3.05) is 0 Å². The van der Waals surface area contributed by atoms with Crippen LogP contribution in [0, 0.1) is 13.7 Å². The fraction of sp³-hybridized carbons (Fsp3) is 0.182. The molecule has 0 aliphatic rings. The predicted molar refractivity (Wildman–Crippen MR) is 78.5 cm³/mol. The summed E-state index contributed by atoms with van der Waals surface area (Å²) < 4.78 is 0.402. The van der Waals surface area contributed by atoms with Gasteiger partial charge in [0.2, 0.25) is 5.91 Å². The Hall–Kier alpha value is -2.24. The number of nitrogens with one attached hydrogen (secondary N) is 1.